The molecule has 2 N–H and O–H groups in total. The molecule has 1 aliphatic heterocycles. The molecule has 0 saturated carbocycles. The van der Waals surface area contributed by atoms with Gasteiger partial charge in [-0.15, -0.1) is 11.8 Å². The van der Waals surface area contributed by atoms with E-state index >= 15 is 0 Å². The number of nitrogens with one attached hydrogen (secondary N) is 2. The third-order valence-electron chi connectivity index (χ3n) is 2.81. The van der Waals surface area contributed by atoms with E-state index in [1.165, 1.54) is 5.56 Å². The maximum atomic E-state index is 12.0. The lowest BCUT2D eigenvalue weighted by Gasteiger charge is -2.11. The van der Waals surface area contributed by atoms with E-state index in [1.54, 1.807) is 11.8 Å². The number of carbonyl (C=O) groups excluding carboxylic acids is 2. The van der Waals surface area contributed by atoms with Crippen molar-refractivity contribution in [1.29, 1.82) is 0 Å². The van der Waals surface area contributed by atoms with Crippen LogP contribution in [0.1, 0.15) is 19.4 Å². The Balaban J connectivity index is 1.82. The number of carbonyl (C=O) groups is 2. The lowest BCUT2D eigenvalue weighted by molar-refractivity contribution is -0.126. The molecule has 19 heavy (non-hydrogen) atoms. The number of hydrogen-bond acceptors (Lipinski definition) is 3. The predicted molar refractivity (Wildman–Crippen MR) is 76.1 cm³/mol. The second kappa shape index (κ2) is 6.10. The Morgan fingerprint density at radius 2 is 2.11 bits per heavy atom. The minimum absolute atomic E-state index is 0.0461. The second-order valence-electron chi connectivity index (χ2n) is 4.86. The van der Waals surface area contributed by atoms with Gasteiger partial charge in [-0.1, -0.05) is 18.2 Å². The van der Waals surface area contributed by atoms with Gasteiger partial charge in [-0.05, 0) is 31.9 Å². The molecule has 5 heteroatoms. The van der Waals surface area contributed by atoms with Crippen molar-refractivity contribution in [3.63, 3.8) is 0 Å². The SMILES string of the molecule is CC(C)NC(=O)CNC(=O)C1Cc2ccccc2S1. The molecule has 1 atom stereocenters. The van der Waals surface area contributed by atoms with E-state index in [0.29, 0.717) is 0 Å². The first-order valence-electron chi connectivity index (χ1n) is 6.38. The predicted octanol–water partition coefficient (Wildman–Crippen LogP) is 1.34. The Morgan fingerprint density at radius 1 is 1.37 bits per heavy atom. The molecular weight excluding hydrogens is 260 g/mol. The minimum atomic E-state index is -0.149. The van der Waals surface area contributed by atoms with E-state index < -0.39 is 0 Å². The fourth-order valence-corrected chi connectivity index (χ4v) is 3.20. The van der Waals surface area contributed by atoms with Crippen LogP contribution in [-0.2, 0) is 16.0 Å². The summed E-state index contributed by atoms with van der Waals surface area (Å²) in [5.74, 6) is -0.219. The van der Waals surface area contributed by atoms with Crippen LogP contribution in [0.5, 0.6) is 0 Å². The summed E-state index contributed by atoms with van der Waals surface area (Å²) in [7, 11) is 0. The van der Waals surface area contributed by atoms with Gasteiger partial charge in [0.05, 0.1) is 11.8 Å². The van der Waals surface area contributed by atoms with Crippen molar-refractivity contribution < 1.29 is 9.59 Å². The molecule has 1 aliphatic rings. The number of benzene rings is 1. The van der Waals surface area contributed by atoms with Gasteiger partial charge in [0.25, 0.3) is 0 Å². The first-order valence-corrected chi connectivity index (χ1v) is 7.26. The highest BCUT2D eigenvalue weighted by molar-refractivity contribution is 8.01. The molecule has 0 aliphatic carbocycles. The summed E-state index contributed by atoms with van der Waals surface area (Å²) in [5.41, 5.74) is 1.21. The van der Waals surface area contributed by atoms with Gasteiger partial charge >= 0.3 is 0 Å². The van der Waals surface area contributed by atoms with Gasteiger partial charge in [-0.2, -0.15) is 0 Å². The van der Waals surface area contributed by atoms with Crippen LogP contribution in [0.25, 0.3) is 0 Å². The van der Waals surface area contributed by atoms with E-state index in [2.05, 4.69) is 10.6 Å². The van der Waals surface area contributed by atoms with Crippen LogP contribution in [0.3, 0.4) is 0 Å². The van der Waals surface area contributed by atoms with Crippen molar-refractivity contribution in [2.45, 2.75) is 36.5 Å². The largest absolute Gasteiger partial charge is 0.352 e. The highest BCUT2D eigenvalue weighted by atomic mass is 32.2. The average molecular weight is 278 g/mol. The van der Waals surface area contributed by atoms with E-state index in [0.717, 1.165) is 11.3 Å². The van der Waals surface area contributed by atoms with Crippen molar-refractivity contribution in [2.75, 3.05) is 6.54 Å². The van der Waals surface area contributed by atoms with Gasteiger partial charge in [0.1, 0.15) is 0 Å². The van der Waals surface area contributed by atoms with Crippen LogP contribution in [0, 0.1) is 0 Å². The Morgan fingerprint density at radius 3 is 2.79 bits per heavy atom. The average Bonchev–Trinajstić information content (AvgIpc) is 2.78. The van der Waals surface area contributed by atoms with Gasteiger partial charge in [-0.3, -0.25) is 9.59 Å². The summed E-state index contributed by atoms with van der Waals surface area (Å²) < 4.78 is 0. The van der Waals surface area contributed by atoms with E-state index in [9.17, 15) is 9.59 Å². The van der Waals surface area contributed by atoms with Crippen LogP contribution in [0.2, 0.25) is 0 Å². The van der Waals surface area contributed by atoms with Crippen molar-refractivity contribution in [2.24, 2.45) is 0 Å². The number of fused-ring (bicyclic) bond motifs is 1. The van der Waals surface area contributed by atoms with Gasteiger partial charge in [0.15, 0.2) is 0 Å². The van der Waals surface area contributed by atoms with Crippen LogP contribution in [-0.4, -0.2) is 29.7 Å². The molecular formula is C14H18N2O2S. The quantitative estimate of drug-likeness (QED) is 0.874. The summed E-state index contributed by atoms with van der Waals surface area (Å²) in [6.07, 6.45) is 0.735. The van der Waals surface area contributed by atoms with E-state index in [4.69, 9.17) is 0 Å². The molecule has 4 nitrogen and oxygen atoms in total. The summed E-state index contributed by atoms with van der Waals surface area (Å²) in [4.78, 5) is 24.6. The molecule has 0 aromatic heterocycles. The highest BCUT2D eigenvalue weighted by Gasteiger charge is 2.27. The van der Waals surface area contributed by atoms with Crippen LogP contribution in [0.15, 0.2) is 29.2 Å². The number of thioether (sulfide) groups is 1. The Labute approximate surface area is 117 Å². The molecule has 1 unspecified atom stereocenters. The first kappa shape index (κ1) is 13.9. The summed E-state index contributed by atoms with van der Waals surface area (Å²) >= 11 is 1.57. The zero-order valence-electron chi connectivity index (χ0n) is 11.1. The van der Waals surface area contributed by atoms with Crippen molar-refractivity contribution in [1.82, 2.24) is 10.6 Å². The topological polar surface area (TPSA) is 58.2 Å². The summed E-state index contributed by atoms with van der Waals surface area (Å²) in [6, 6.07) is 8.12. The molecule has 102 valence electrons. The maximum absolute atomic E-state index is 12.0. The number of rotatable bonds is 4. The van der Waals surface area contributed by atoms with Gasteiger partial charge < -0.3 is 10.6 Å². The van der Waals surface area contributed by atoms with Gasteiger partial charge in [0, 0.05) is 10.9 Å². The second-order valence-corrected chi connectivity index (χ2v) is 6.10. The molecule has 0 fully saturated rings. The molecule has 1 aromatic carbocycles. The minimum Gasteiger partial charge on any atom is -0.352 e. The lowest BCUT2D eigenvalue weighted by atomic mass is 10.1. The van der Waals surface area contributed by atoms with Crippen LogP contribution < -0.4 is 10.6 Å². The Bertz CT molecular complexity index is 463. The molecule has 0 radical (unpaired) electrons. The zero-order valence-corrected chi connectivity index (χ0v) is 11.9. The first-order chi connectivity index (χ1) is 9.06. The van der Waals surface area contributed by atoms with E-state index in [-0.39, 0.29) is 29.7 Å². The fourth-order valence-electron chi connectivity index (χ4n) is 1.98. The molecule has 1 aromatic rings. The molecule has 0 bridgehead atoms. The molecule has 0 saturated heterocycles. The molecule has 2 amide bonds. The zero-order chi connectivity index (χ0) is 13.8. The van der Waals surface area contributed by atoms with Crippen molar-refractivity contribution >= 4 is 23.6 Å². The summed E-state index contributed by atoms with van der Waals surface area (Å²) in [6.45, 7) is 3.83. The van der Waals surface area contributed by atoms with Crippen molar-refractivity contribution in [3.05, 3.63) is 29.8 Å². The smallest absolute Gasteiger partial charge is 0.239 e. The maximum Gasteiger partial charge on any atom is 0.239 e. The Hall–Kier alpha value is -1.49. The van der Waals surface area contributed by atoms with Crippen LogP contribution >= 0.6 is 11.8 Å². The molecule has 1 heterocycles. The monoisotopic (exact) mass is 278 g/mol. The molecule has 2 rings (SSSR count). The Kier molecular flexibility index (Phi) is 4.47. The summed E-state index contributed by atoms with van der Waals surface area (Å²) in [5, 5.41) is 5.32. The highest BCUT2D eigenvalue weighted by Crippen LogP contribution is 2.36. The van der Waals surface area contributed by atoms with Gasteiger partial charge in [0.2, 0.25) is 11.8 Å². The standard InChI is InChI=1S/C14H18N2O2S/c1-9(2)16-13(17)8-15-14(18)12-7-10-5-3-4-6-11(10)19-12/h3-6,9,12H,7-8H2,1-2H3,(H,15,18)(H,16,17). The fraction of sp³-hybridized carbons (Fsp3) is 0.429. The third-order valence-corrected chi connectivity index (χ3v) is 4.13. The van der Waals surface area contributed by atoms with Crippen molar-refractivity contribution in [3.8, 4) is 0 Å². The third kappa shape index (κ3) is 3.73. The van der Waals surface area contributed by atoms with E-state index in [1.807, 2.05) is 38.1 Å². The van der Waals surface area contributed by atoms with Gasteiger partial charge in [-0.25, -0.2) is 0 Å². The number of amides is 2. The normalized spacial score (nSPS) is 17.1. The molecule has 0 spiro atoms. The lowest BCUT2D eigenvalue weighted by Crippen LogP contribution is -2.42. The van der Waals surface area contributed by atoms with Crippen LogP contribution in [0.4, 0.5) is 0 Å². The number of hydrogen-bond donors (Lipinski definition) is 2.